The van der Waals surface area contributed by atoms with Gasteiger partial charge in [0.15, 0.2) is 0 Å². The van der Waals surface area contributed by atoms with E-state index in [-0.39, 0.29) is 18.4 Å². The summed E-state index contributed by atoms with van der Waals surface area (Å²) in [6.07, 6.45) is 4.49. The third-order valence-corrected chi connectivity index (χ3v) is 4.61. The number of benzene rings is 1. The lowest BCUT2D eigenvalue weighted by molar-refractivity contribution is -0.117. The highest BCUT2D eigenvalue weighted by atomic mass is 16.5. The summed E-state index contributed by atoms with van der Waals surface area (Å²) in [4.78, 5) is 38.4. The summed E-state index contributed by atoms with van der Waals surface area (Å²) >= 11 is 0. The number of carbonyl (C=O) groups excluding carboxylic acids is 3. The standard InChI is InChI=1S/C18H23N3O4/c1-20(10-2-4-15-5-3-11-25-15)17(23)13-6-8-14(9-7-13)21-12-16(22)19-18(21)24/h6-9,15H,2-5,10-12H2,1H3,(H,19,22,24). The van der Waals surface area contributed by atoms with Crippen LogP contribution < -0.4 is 10.2 Å². The van der Waals surface area contributed by atoms with E-state index in [1.165, 1.54) is 4.90 Å². The molecule has 1 aromatic rings. The quantitative estimate of drug-likeness (QED) is 0.797. The summed E-state index contributed by atoms with van der Waals surface area (Å²) in [6.45, 7) is 1.55. The molecule has 7 nitrogen and oxygen atoms in total. The van der Waals surface area contributed by atoms with Crippen molar-refractivity contribution in [2.45, 2.75) is 31.8 Å². The van der Waals surface area contributed by atoms with E-state index in [0.717, 1.165) is 32.3 Å². The molecular weight excluding hydrogens is 322 g/mol. The molecule has 2 aliphatic heterocycles. The van der Waals surface area contributed by atoms with Crippen molar-refractivity contribution in [1.29, 1.82) is 0 Å². The van der Waals surface area contributed by atoms with Crippen LogP contribution in [-0.4, -0.2) is 55.6 Å². The molecule has 1 atom stereocenters. The Bertz CT molecular complexity index is 653. The van der Waals surface area contributed by atoms with Crippen LogP contribution in [0.5, 0.6) is 0 Å². The highest BCUT2D eigenvalue weighted by Crippen LogP contribution is 2.19. The molecule has 0 aromatic heterocycles. The number of urea groups is 1. The van der Waals surface area contributed by atoms with Crippen LogP contribution in [0.15, 0.2) is 24.3 Å². The first-order valence-corrected chi connectivity index (χ1v) is 8.63. The average Bonchev–Trinajstić information content (AvgIpc) is 3.23. The minimum absolute atomic E-state index is 0.00919. The maximum atomic E-state index is 12.5. The van der Waals surface area contributed by atoms with Crippen molar-refractivity contribution >= 4 is 23.5 Å². The maximum absolute atomic E-state index is 12.5. The number of hydrogen-bond donors (Lipinski definition) is 1. The van der Waals surface area contributed by atoms with Gasteiger partial charge in [-0.2, -0.15) is 0 Å². The fraction of sp³-hybridized carbons (Fsp3) is 0.500. The molecule has 2 aliphatic rings. The van der Waals surface area contributed by atoms with Gasteiger partial charge in [-0.15, -0.1) is 0 Å². The van der Waals surface area contributed by atoms with E-state index in [2.05, 4.69) is 5.32 Å². The first-order chi connectivity index (χ1) is 12.0. The van der Waals surface area contributed by atoms with Crippen molar-refractivity contribution in [3.8, 4) is 0 Å². The van der Waals surface area contributed by atoms with Crippen molar-refractivity contribution in [2.24, 2.45) is 0 Å². The molecule has 0 radical (unpaired) electrons. The van der Waals surface area contributed by atoms with Gasteiger partial charge in [0.25, 0.3) is 5.91 Å². The zero-order chi connectivity index (χ0) is 17.8. The van der Waals surface area contributed by atoms with Gasteiger partial charge in [-0.25, -0.2) is 4.79 Å². The summed E-state index contributed by atoms with van der Waals surface area (Å²) in [7, 11) is 1.79. The number of ether oxygens (including phenoxy) is 1. The monoisotopic (exact) mass is 345 g/mol. The number of nitrogens with zero attached hydrogens (tertiary/aromatic N) is 2. The third-order valence-electron chi connectivity index (χ3n) is 4.61. The summed E-state index contributed by atoms with van der Waals surface area (Å²) < 4.78 is 5.59. The van der Waals surface area contributed by atoms with Crippen LogP contribution in [0.1, 0.15) is 36.0 Å². The molecule has 7 heteroatoms. The number of imide groups is 1. The maximum Gasteiger partial charge on any atom is 0.329 e. The molecule has 0 bridgehead atoms. The molecular formula is C18H23N3O4. The van der Waals surface area contributed by atoms with Gasteiger partial charge >= 0.3 is 6.03 Å². The van der Waals surface area contributed by atoms with E-state index in [9.17, 15) is 14.4 Å². The van der Waals surface area contributed by atoms with Crippen LogP contribution >= 0.6 is 0 Å². The van der Waals surface area contributed by atoms with Crippen LogP contribution in [0.2, 0.25) is 0 Å². The normalized spacial score (nSPS) is 20.0. The van der Waals surface area contributed by atoms with Crippen molar-refractivity contribution in [2.75, 3.05) is 31.6 Å². The number of nitrogens with one attached hydrogen (secondary N) is 1. The first kappa shape index (κ1) is 17.4. The lowest BCUT2D eigenvalue weighted by atomic mass is 10.1. The zero-order valence-electron chi connectivity index (χ0n) is 14.4. The number of anilines is 1. The number of amides is 4. The van der Waals surface area contributed by atoms with Gasteiger partial charge in [-0.1, -0.05) is 0 Å². The van der Waals surface area contributed by atoms with Gasteiger partial charge in [0.05, 0.1) is 6.10 Å². The third kappa shape index (κ3) is 4.17. The number of rotatable bonds is 6. The largest absolute Gasteiger partial charge is 0.378 e. The molecule has 0 aliphatic carbocycles. The fourth-order valence-electron chi connectivity index (χ4n) is 3.18. The Kier molecular flexibility index (Phi) is 5.33. The van der Waals surface area contributed by atoms with Crippen molar-refractivity contribution in [3.05, 3.63) is 29.8 Å². The van der Waals surface area contributed by atoms with Gasteiger partial charge in [-0.05, 0) is 49.9 Å². The van der Waals surface area contributed by atoms with E-state index < -0.39 is 6.03 Å². The molecule has 4 amide bonds. The van der Waals surface area contributed by atoms with Gasteiger partial charge in [0, 0.05) is 31.5 Å². The van der Waals surface area contributed by atoms with Crippen LogP contribution in [0.25, 0.3) is 0 Å². The van der Waals surface area contributed by atoms with E-state index in [1.807, 2.05) is 0 Å². The minimum Gasteiger partial charge on any atom is -0.378 e. The second-order valence-electron chi connectivity index (χ2n) is 6.49. The second kappa shape index (κ2) is 7.65. The Morgan fingerprint density at radius 2 is 2.08 bits per heavy atom. The zero-order valence-corrected chi connectivity index (χ0v) is 14.4. The van der Waals surface area contributed by atoms with E-state index >= 15 is 0 Å². The molecule has 3 rings (SSSR count). The molecule has 1 aromatic carbocycles. The molecule has 2 saturated heterocycles. The smallest absolute Gasteiger partial charge is 0.329 e. The predicted molar refractivity (Wildman–Crippen MR) is 92.5 cm³/mol. The lowest BCUT2D eigenvalue weighted by Crippen LogP contribution is -2.29. The van der Waals surface area contributed by atoms with Crippen LogP contribution in [-0.2, 0) is 9.53 Å². The van der Waals surface area contributed by atoms with Crippen LogP contribution in [0, 0.1) is 0 Å². The van der Waals surface area contributed by atoms with Gasteiger partial charge < -0.3 is 9.64 Å². The first-order valence-electron chi connectivity index (χ1n) is 8.63. The minimum atomic E-state index is -0.435. The van der Waals surface area contributed by atoms with E-state index in [4.69, 9.17) is 4.74 Å². The van der Waals surface area contributed by atoms with Crippen LogP contribution in [0.3, 0.4) is 0 Å². The second-order valence-corrected chi connectivity index (χ2v) is 6.49. The lowest BCUT2D eigenvalue weighted by Gasteiger charge is -2.19. The summed E-state index contributed by atoms with van der Waals surface area (Å²) in [5.41, 5.74) is 1.16. The molecule has 0 saturated carbocycles. The topological polar surface area (TPSA) is 79.0 Å². The Morgan fingerprint density at radius 1 is 1.32 bits per heavy atom. The Hall–Kier alpha value is -2.41. The van der Waals surface area contributed by atoms with Crippen LogP contribution in [0.4, 0.5) is 10.5 Å². The average molecular weight is 345 g/mol. The van der Waals surface area contributed by atoms with Gasteiger partial charge in [0.1, 0.15) is 6.54 Å². The summed E-state index contributed by atoms with van der Waals surface area (Å²) in [5.74, 6) is -0.378. The molecule has 134 valence electrons. The molecule has 2 fully saturated rings. The van der Waals surface area contributed by atoms with Crippen molar-refractivity contribution < 1.29 is 19.1 Å². The van der Waals surface area contributed by atoms with E-state index in [1.54, 1.807) is 36.2 Å². The number of hydrogen-bond acceptors (Lipinski definition) is 4. The molecule has 1 unspecified atom stereocenters. The molecule has 2 heterocycles. The predicted octanol–water partition coefficient (Wildman–Crippen LogP) is 1.77. The van der Waals surface area contributed by atoms with E-state index in [0.29, 0.717) is 23.9 Å². The fourth-order valence-corrected chi connectivity index (χ4v) is 3.18. The Balaban J connectivity index is 1.52. The number of carbonyl (C=O) groups is 3. The molecule has 0 spiro atoms. The summed E-state index contributed by atoms with van der Waals surface area (Å²) in [6, 6.07) is 6.31. The molecule has 25 heavy (non-hydrogen) atoms. The highest BCUT2D eigenvalue weighted by Gasteiger charge is 2.28. The SMILES string of the molecule is CN(CCCC1CCCO1)C(=O)c1ccc(N2CC(=O)NC2=O)cc1. The Morgan fingerprint density at radius 3 is 2.68 bits per heavy atom. The van der Waals surface area contributed by atoms with Gasteiger partial charge in [-0.3, -0.25) is 19.8 Å². The Labute approximate surface area is 146 Å². The van der Waals surface area contributed by atoms with Gasteiger partial charge in [0.2, 0.25) is 5.91 Å². The molecule has 1 N–H and O–H groups in total. The van der Waals surface area contributed by atoms with Crippen molar-refractivity contribution in [1.82, 2.24) is 10.2 Å². The van der Waals surface area contributed by atoms with Crippen molar-refractivity contribution in [3.63, 3.8) is 0 Å². The highest BCUT2D eigenvalue weighted by molar-refractivity contribution is 6.12. The summed E-state index contributed by atoms with van der Waals surface area (Å²) in [5, 5.41) is 2.23.